The normalized spacial score (nSPS) is 33.7. The average molecular weight is 557 g/mol. The maximum Gasteiger partial charge on any atom is 0.338 e. The Balaban J connectivity index is 1.16. The highest BCUT2D eigenvalue weighted by molar-refractivity contribution is 5.92. The van der Waals surface area contributed by atoms with Crippen molar-refractivity contribution in [3.05, 3.63) is 72.3 Å². The van der Waals surface area contributed by atoms with Gasteiger partial charge < -0.3 is 14.9 Å². The molecule has 0 saturated heterocycles. The van der Waals surface area contributed by atoms with Crippen LogP contribution < -0.4 is 0 Å². The Hall–Kier alpha value is -3.25. The molecule has 3 unspecified atom stereocenters. The maximum absolute atomic E-state index is 13.4. The molecule has 0 aliphatic heterocycles. The van der Waals surface area contributed by atoms with E-state index in [9.17, 15) is 24.6 Å². The van der Waals surface area contributed by atoms with Crippen LogP contribution in [0.2, 0.25) is 0 Å². The molecule has 0 aromatic heterocycles. The third kappa shape index (κ3) is 5.76. The summed E-state index contributed by atoms with van der Waals surface area (Å²) in [6.07, 6.45) is 11.6. The first-order valence-corrected chi connectivity index (χ1v) is 15.2. The van der Waals surface area contributed by atoms with Crippen LogP contribution in [0.3, 0.4) is 0 Å². The number of rotatable bonds is 10. The number of aliphatic hydroxyl groups excluding tert-OH is 1. The second-order valence-corrected chi connectivity index (χ2v) is 13.3. The number of ketones is 1. The predicted molar refractivity (Wildman–Crippen MR) is 155 cm³/mol. The molecule has 2 aromatic rings. The molecule has 2 aromatic carbocycles. The highest BCUT2D eigenvalue weighted by atomic mass is 16.6. The van der Waals surface area contributed by atoms with E-state index in [1.165, 1.54) is 38.5 Å². The SMILES string of the molecule is O=C(O)CC1(OC(=O)c2cccc(-c3ccccc3)c2)C(O)CCC1C=CC(=O)CCC12CC3CC(CC(C3)C1)C2. The lowest BCUT2D eigenvalue weighted by Crippen LogP contribution is -2.48. The molecular weight excluding hydrogens is 516 g/mol. The van der Waals surface area contributed by atoms with E-state index < -0.39 is 36.0 Å². The lowest BCUT2D eigenvalue weighted by atomic mass is 9.48. The van der Waals surface area contributed by atoms with Crippen molar-refractivity contribution >= 4 is 17.7 Å². The van der Waals surface area contributed by atoms with E-state index in [2.05, 4.69) is 0 Å². The van der Waals surface area contributed by atoms with E-state index in [-0.39, 0.29) is 11.3 Å². The van der Waals surface area contributed by atoms with E-state index in [1.807, 2.05) is 36.4 Å². The average Bonchev–Trinajstić information content (AvgIpc) is 3.24. The summed E-state index contributed by atoms with van der Waals surface area (Å²) >= 11 is 0. The molecule has 3 atom stereocenters. The van der Waals surface area contributed by atoms with Crippen LogP contribution in [-0.4, -0.2) is 39.6 Å². The Morgan fingerprint density at radius 2 is 1.54 bits per heavy atom. The van der Waals surface area contributed by atoms with E-state index in [1.54, 1.807) is 30.4 Å². The van der Waals surface area contributed by atoms with Crippen LogP contribution in [0.15, 0.2) is 66.7 Å². The first kappa shape index (κ1) is 27.9. The van der Waals surface area contributed by atoms with E-state index >= 15 is 0 Å². The van der Waals surface area contributed by atoms with Crippen LogP contribution in [-0.2, 0) is 14.3 Å². The van der Waals surface area contributed by atoms with Gasteiger partial charge in [-0.2, -0.15) is 0 Å². The molecule has 5 fully saturated rings. The molecule has 6 nitrogen and oxygen atoms in total. The van der Waals surface area contributed by atoms with Crippen LogP contribution in [0.4, 0.5) is 0 Å². The Bertz CT molecular complexity index is 1290. The number of aliphatic carboxylic acids is 1. The van der Waals surface area contributed by atoms with Crippen molar-refractivity contribution in [2.75, 3.05) is 0 Å². The number of carboxylic acid groups (broad SMARTS) is 1. The van der Waals surface area contributed by atoms with E-state index in [0.29, 0.717) is 24.7 Å². The van der Waals surface area contributed by atoms with Gasteiger partial charge in [-0.3, -0.25) is 9.59 Å². The number of benzene rings is 2. The number of carbonyl (C=O) groups is 3. The van der Waals surface area contributed by atoms with Crippen LogP contribution in [0.25, 0.3) is 11.1 Å². The Labute approximate surface area is 241 Å². The molecule has 0 heterocycles. The fourth-order valence-corrected chi connectivity index (χ4v) is 8.98. The second-order valence-electron chi connectivity index (χ2n) is 13.3. The number of hydrogen-bond acceptors (Lipinski definition) is 5. The highest BCUT2D eigenvalue weighted by Crippen LogP contribution is 2.61. The van der Waals surface area contributed by atoms with Gasteiger partial charge in [-0.1, -0.05) is 48.5 Å². The van der Waals surface area contributed by atoms with Crippen LogP contribution in [0.1, 0.15) is 81.0 Å². The van der Waals surface area contributed by atoms with Crippen molar-refractivity contribution in [2.45, 2.75) is 82.3 Å². The molecule has 216 valence electrons. The molecule has 6 heteroatoms. The molecule has 0 spiro atoms. The molecule has 0 radical (unpaired) electrons. The van der Waals surface area contributed by atoms with Crippen molar-refractivity contribution in [1.82, 2.24) is 0 Å². The fraction of sp³-hybridized carbons (Fsp3) is 0.514. The fourth-order valence-electron chi connectivity index (χ4n) is 8.98. The number of esters is 1. The number of hydrogen-bond donors (Lipinski definition) is 2. The lowest BCUT2D eigenvalue weighted by molar-refractivity contribution is -0.150. The van der Waals surface area contributed by atoms with Gasteiger partial charge in [-0.25, -0.2) is 4.79 Å². The minimum Gasteiger partial charge on any atom is -0.481 e. The summed E-state index contributed by atoms with van der Waals surface area (Å²) in [5.41, 5.74) is 0.738. The zero-order chi connectivity index (χ0) is 28.6. The predicted octanol–water partition coefficient (Wildman–Crippen LogP) is 6.62. The van der Waals surface area contributed by atoms with E-state index in [0.717, 1.165) is 35.3 Å². The van der Waals surface area contributed by atoms with Gasteiger partial charge in [0.2, 0.25) is 0 Å². The largest absolute Gasteiger partial charge is 0.481 e. The summed E-state index contributed by atoms with van der Waals surface area (Å²) < 4.78 is 5.94. The molecule has 5 aliphatic rings. The molecule has 41 heavy (non-hydrogen) atoms. The lowest BCUT2D eigenvalue weighted by Gasteiger charge is -2.57. The highest BCUT2D eigenvalue weighted by Gasteiger charge is 2.54. The minimum absolute atomic E-state index is 0.0215. The van der Waals surface area contributed by atoms with Crippen LogP contribution in [0, 0.1) is 29.1 Å². The quantitative estimate of drug-likeness (QED) is 0.252. The monoisotopic (exact) mass is 556 g/mol. The van der Waals surface area contributed by atoms with Crippen molar-refractivity contribution in [1.29, 1.82) is 0 Å². The number of ether oxygens (including phenoxy) is 1. The van der Waals surface area contributed by atoms with Gasteiger partial charge in [0.25, 0.3) is 0 Å². The standard InChI is InChI=1S/C35H40O6/c36-30(13-14-34-19-23-15-24(20-34)17-25(16-23)21-34)11-9-29-10-12-31(37)35(29,22-32(38)39)41-33(40)28-8-4-7-27(18-28)26-5-2-1-3-6-26/h1-9,11,18,23-25,29,31,37H,10,12-17,19-22H2,(H,38,39). The van der Waals surface area contributed by atoms with Gasteiger partial charge in [0.05, 0.1) is 18.1 Å². The summed E-state index contributed by atoms with van der Waals surface area (Å²) in [7, 11) is 0. The van der Waals surface area contributed by atoms with Gasteiger partial charge in [-0.15, -0.1) is 0 Å². The van der Waals surface area contributed by atoms with Gasteiger partial charge in [0.1, 0.15) is 0 Å². The van der Waals surface area contributed by atoms with Crippen molar-refractivity contribution in [2.24, 2.45) is 29.1 Å². The Morgan fingerprint density at radius 3 is 2.20 bits per heavy atom. The Morgan fingerprint density at radius 1 is 0.878 bits per heavy atom. The van der Waals surface area contributed by atoms with Crippen molar-refractivity contribution < 1.29 is 29.3 Å². The summed E-state index contributed by atoms with van der Waals surface area (Å²) in [4.78, 5) is 38.4. The molecule has 5 aliphatic carbocycles. The van der Waals surface area contributed by atoms with Crippen molar-refractivity contribution in [3.63, 3.8) is 0 Å². The zero-order valence-electron chi connectivity index (χ0n) is 23.5. The number of carbonyl (C=O) groups excluding carboxylic acids is 2. The number of aliphatic hydroxyl groups is 1. The summed E-state index contributed by atoms with van der Waals surface area (Å²) in [6, 6.07) is 16.6. The summed E-state index contributed by atoms with van der Waals surface area (Å²) in [6.45, 7) is 0. The second kappa shape index (κ2) is 11.2. The molecule has 4 bridgehead atoms. The maximum atomic E-state index is 13.4. The number of allylic oxidation sites excluding steroid dienone is 1. The van der Waals surface area contributed by atoms with E-state index in [4.69, 9.17) is 4.74 Å². The smallest absolute Gasteiger partial charge is 0.338 e. The first-order valence-electron chi connectivity index (χ1n) is 15.2. The Kier molecular flexibility index (Phi) is 7.62. The summed E-state index contributed by atoms with van der Waals surface area (Å²) in [5, 5.41) is 20.8. The number of carboxylic acids is 1. The van der Waals surface area contributed by atoms with Crippen LogP contribution in [0.5, 0.6) is 0 Å². The minimum atomic E-state index is -1.64. The molecule has 7 rings (SSSR count). The first-order chi connectivity index (χ1) is 19.7. The van der Waals surface area contributed by atoms with Gasteiger partial charge >= 0.3 is 11.9 Å². The third-order valence-electron chi connectivity index (χ3n) is 10.4. The van der Waals surface area contributed by atoms with Gasteiger partial charge in [0, 0.05) is 12.3 Å². The van der Waals surface area contributed by atoms with Crippen LogP contribution >= 0.6 is 0 Å². The van der Waals surface area contributed by atoms with Crippen molar-refractivity contribution in [3.8, 4) is 11.1 Å². The summed E-state index contributed by atoms with van der Waals surface area (Å²) in [5.74, 6) is 0.121. The third-order valence-corrected chi connectivity index (χ3v) is 10.4. The molecule has 5 saturated carbocycles. The van der Waals surface area contributed by atoms with Gasteiger partial charge in [0.15, 0.2) is 11.4 Å². The molecule has 0 amide bonds. The zero-order valence-corrected chi connectivity index (χ0v) is 23.5. The molecular formula is C35H40O6. The molecule has 2 N–H and O–H groups in total. The topological polar surface area (TPSA) is 101 Å². The van der Waals surface area contributed by atoms with Gasteiger partial charge in [-0.05, 0) is 110 Å².